The second-order valence-corrected chi connectivity index (χ2v) is 9.30. The van der Waals surface area contributed by atoms with Crippen molar-refractivity contribution in [2.24, 2.45) is 0 Å². The molecule has 0 unspecified atom stereocenters. The van der Waals surface area contributed by atoms with E-state index in [1.54, 1.807) is 12.1 Å². The van der Waals surface area contributed by atoms with Crippen molar-refractivity contribution < 1.29 is 17.4 Å². The molecule has 0 radical (unpaired) electrons. The van der Waals surface area contributed by atoms with Crippen LogP contribution in [0.25, 0.3) is 22.2 Å². The Bertz CT molecular complexity index is 1030. The van der Waals surface area contributed by atoms with Gasteiger partial charge in [-0.3, -0.25) is 4.21 Å². The van der Waals surface area contributed by atoms with E-state index in [0.717, 1.165) is 35.0 Å². The first-order valence-corrected chi connectivity index (χ1v) is 11.2. The van der Waals surface area contributed by atoms with Crippen molar-refractivity contribution in [1.29, 1.82) is 0 Å². The Hall–Kier alpha value is -2.28. The van der Waals surface area contributed by atoms with Crippen LogP contribution in [0.15, 0.2) is 48.5 Å². The fraction of sp³-hybridized carbons (Fsp3) is 0.364. The molecule has 0 aliphatic carbocycles. The van der Waals surface area contributed by atoms with Crippen LogP contribution in [0.5, 0.6) is 0 Å². The molecule has 1 aromatic heterocycles. The molecule has 2 heterocycles. The minimum absolute atomic E-state index is 0.187. The number of aryl methyl sites for hydroxylation is 1. The summed E-state index contributed by atoms with van der Waals surface area (Å²) in [6, 6.07) is 15.0. The van der Waals surface area contributed by atoms with Gasteiger partial charge in [-0.2, -0.15) is 13.2 Å². The molecule has 1 saturated heterocycles. The van der Waals surface area contributed by atoms with E-state index in [9.17, 15) is 17.4 Å². The zero-order valence-corrected chi connectivity index (χ0v) is 16.9. The molecule has 4 rings (SSSR count). The van der Waals surface area contributed by atoms with Crippen molar-refractivity contribution in [3.63, 3.8) is 0 Å². The molecule has 0 saturated carbocycles. The highest BCUT2D eigenvalue weighted by atomic mass is 32.2. The van der Waals surface area contributed by atoms with E-state index in [1.165, 1.54) is 4.57 Å². The lowest BCUT2D eigenvalue weighted by molar-refractivity contribution is -0.139. The SMILES string of the molecule is Cc1ccc(-c2cc3c(NC4CCS(=O)CC4)cccc3n2CC(F)(F)F)cc1. The van der Waals surface area contributed by atoms with Gasteiger partial charge in [0.05, 0.1) is 5.52 Å². The van der Waals surface area contributed by atoms with Gasteiger partial charge in [-0.15, -0.1) is 0 Å². The maximum absolute atomic E-state index is 13.4. The van der Waals surface area contributed by atoms with Crippen molar-refractivity contribution >= 4 is 27.4 Å². The van der Waals surface area contributed by atoms with E-state index in [-0.39, 0.29) is 6.04 Å². The molecule has 1 fully saturated rings. The maximum Gasteiger partial charge on any atom is 0.406 e. The summed E-state index contributed by atoms with van der Waals surface area (Å²) >= 11 is 0. The Balaban J connectivity index is 1.78. The Kier molecular flexibility index (Phi) is 5.42. The standard InChI is InChI=1S/C22H23F3N2OS/c1-15-5-7-16(8-6-15)21-13-18-19(26-17-9-11-29(28)12-10-17)3-2-4-20(18)27(21)14-22(23,24)25/h2-8,13,17,26H,9-12,14H2,1H3. The van der Waals surface area contributed by atoms with E-state index in [2.05, 4.69) is 5.32 Å². The summed E-state index contributed by atoms with van der Waals surface area (Å²) in [6.45, 7) is 0.917. The largest absolute Gasteiger partial charge is 0.406 e. The molecule has 3 nitrogen and oxygen atoms in total. The molecule has 0 atom stereocenters. The van der Waals surface area contributed by atoms with E-state index in [4.69, 9.17) is 0 Å². The van der Waals surface area contributed by atoms with Gasteiger partial charge >= 0.3 is 6.18 Å². The highest BCUT2D eigenvalue weighted by Gasteiger charge is 2.30. The highest BCUT2D eigenvalue weighted by molar-refractivity contribution is 7.85. The van der Waals surface area contributed by atoms with E-state index >= 15 is 0 Å². The summed E-state index contributed by atoms with van der Waals surface area (Å²) in [5.74, 6) is 1.33. The van der Waals surface area contributed by atoms with E-state index in [1.807, 2.05) is 43.3 Å². The normalized spacial score (nSPS) is 20.1. The van der Waals surface area contributed by atoms with Gasteiger partial charge in [-0.1, -0.05) is 35.9 Å². The zero-order valence-electron chi connectivity index (χ0n) is 16.1. The van der Waals surface area contributed by atoms with Crippen molar-refractivity contribution in [3.05, 3.63) is 54.1 Å². The van der Waals surface area contributed by atoms with Gasteiger partial charge in [-0.05, 0) is 43.5 Å². The average molecular weight is 421 g/mol. The van der Waals surface area contributed by atoms with Crippen LogP contribution in [-0.4, -0.2) is 32.5 Å². The third kappa shape index (κ3) is 4.50. The van der Waals surface area contributed by atoms with Crippen molar-refractivity contribution in [2.45, 2.75) is 38.5 Å². The molecular formula is C22H23F3N2OS. The second-order valence-electron chi connectivity index (χ2n) is 7.60. The monoisotopic (exact) mass is 420 g/mol. The zero-order chi connectivity index (χ0) is 20.6. The smallest absolute Gasteiger partial charge is 0.382 e. The van der Waals surface area contributed by atoms with Gasteiger partial charge in [0.1, 0.15) is 6.54 Å². The Morgan fingerprint density at radius 3 is 2.45 bits per heavy atom. The second kappa shape index (κ2) is 7.86. The molecule has 1 aliphatic rings. The predicted molar refractivity (Wildman–Crippen MR) is 113 cm³/mol. The van der Waals surface area contributed by atoms with E-state index < -0.39 is 23.5 Å². The molecule has 0 amide bonds. The summed E-state index contributed by atoms with van der Waals surface area (Å²) in [6.07, 6.45) is -2.71. The van der Waals surface area contributed by atoms with Gasteiger partial charge in [0.15, 0.2) is 0 Å². The number of hydrogen-bond donors (Lipinski definition) is 1. The van der Waals surface area contributed by atoms with Gasteiger partial charge in [-0.25, -0.2) is 0 Å². The quantitative estimate of drug-likeness (QED) is 0.605. The van der Waals surface area contributed by atoms with Crippen molar-refractivity contribution in [3.8, 4) is 11.3 Å². The minimum atomic E-state index is -4.32. The first kappa shape index (κ1) is 20.0. The van der Waals surface area contributed by atoms with Gasteiger partial charge in [0.25, 0.3) is 0 Å². The van der Waals surface area contributed by atoms with Crippen LogP contribution in [0, 0.1) is 6.92 Å². The van der Waals surface area contributed by atoms with Crippen LogP contribution >= 0.6 is 0 Å². The Morgan fingerprint density at radius 2 is 1.79 bits per heavy atom. The molecule has 1 aliphatic heterocycles. The first-order valence-electron chi connectivity index (χ1n) is 9.68. The van der Waals surface area contributed by atoms with E-state index in [0.29, 0.717) is 22.7 Å². The molecule has 1 N–H and O–H groups in total. The molecule has 2 aromatic carbocycles. The van der Waals surface area contributed by atoms with Crippen LogP contribution in [0.1, 0.15) is 18.4 Å². The lowest BCUT2D eigenvalue weighted by Crippen LogP contribution is -2.29. The van der Waals surface area contributed by atoms with Crippen molar-refractivity contribution in [2.75, 3.05) is 16.8 Å². The number of aromatic nitrogens is 1. The molecule has 3 aromatic rings. The highest BCUT2D eigenvalue weighted by Crippen LogP contribution is 2.35. The van der Waals surface area contributed by atoms with Gasteiger partial charge in [0, 0.05) is 45.1 Å². The Morgan fingerprint density at radius 1 is 1.10 bits per heavy atom. The molecule has 0 bridgehead atoms. The number of rotatable bonds is 4. The summed E-state index contributed by atoms with van der Waals surface area (Å²) in [5, 5.41) is 4.26. The summed E-state index contributed by atoms with van der Waals surface area (Å²) in [5.41, 5.74) is 3.76. The summed E-state index contributed by atoms with van der Waals surface area (Å²) in [7, 11) is -0.753. The molecule has 0 spiro atoms. The average Bonchev–Trinajstić information content (AvgIpc) is 3.02. The topological polar surface area (TPSA) is 34.0 Å². The Labute approximate surface area is 170 Å². The number of nitrogens with zero attached hydrogens (tertiary/aromatic N) is 1. The third-order valence-corrected chi connectivity index (χ3v) is 6.76. The molecule has 29 heavy (non-hydrogen) atoms. The summed E-state index contributed by atoms with van der Waals surface area (Å²) in [4.78, 5) is 0. The van der Waals surface area contributed by atoms with Crippen LogP contribution < -0.4 is 5.32 Å². The number of benzene rings is 2. The number of anilines is 1. The maximum atomic E-state index is 13.4. The number of hydrogen-bond acceptors (Lipinski definition) is 2. The number of halogens is 3. The van der Waals surface area contributed by atoms with Crippen LogP contribution in [-0.2, 0) is 17.3 Å². The van der Waals surface area contributed by atoms with Crippen LogP contribution in [0.4, 0.5) is 18.9 Å². The first-order chi connectivity index (χ1) is 13.8. The van der Waals surface area contributed by atoms with Crippen LogP contribution in [0.3, 0.4) is 0 Å². The summed E-state index contributed by atoms with van der Waals surface area (Å²) < 4.78 is 53.0. The molecular weight excluding hydrogens is 397 g/mol. The lowest BCUT2D eigenvalue weighted by atomic mass is 10.1. The minimum Gasteiger partial charge on any atom is -0.382 e. The number of fused-ring (bicyclic) bond motifs is 1. The van der Waals surface area contributed by atoms with Gasteiger partial charge in [0.2, 0.25) is 0 Å². The van der Waals surface area contributed by atoms with Crippen molar-refractivity contribution in [1.82, 2.24) is 4.57 Å². The fourth-order valence-electron chi connectivity index (χ4n) is 3.88. The third-order valence-electron chi connectivity index (χ3n) is 5.38. The fourth-order valence-corrected chi connectivity index (χ4v) is 5.18. The molecule has 154 valence electrons. The predicted octanol–water partition coefficient (Wildman–Crippen LogP) is 5.50. The molecule has 7 heteroatoms. The van der Waals surface area contributed by atoms with Crippen LogP contribution in [0.2, 0.25) is 0 Å². The van der Waals surface area contributed by atoms with Gasteiger partial charge < -0.3 is 9.88 Å². The lowest BCUT2D eigenvalue weighted by Gasteiger charge is -2.24. The number of alkyl halides is 3. The number of nitrogens with one attached hydrogen (secondary N) is 1.